The number of piperidine rings is 1. The highest BCUT2D eigenvalue weighted by Crippen LogP contribution is 2.24. The summed E-state index contributed by atoms with van der Waals surface area (Å²) in [5, 5.41) is 0. The standard InChI is InChI=1S/C20H32N4O4S/c1-4-16-14-24(10-9-18(16)21-29(26,27)22(2)3)20(25)15-23-11-12-28-19-8-6-5-7-17(19)13-23/h5-8,16,18,21H,4,9-15H2,1-3H3/t16-,18+/m1/s1. The molecule has 1 saturated heterocycles. The van der Waals surface area contributed by atoms with Gasteiger partial charge in [-0.25, -0.2) is 0 Å². The van der Waals surface area contributed by atoms with Crippen LogP contribution in [0.5, 0.6) is 5.75 Å². The number of hydrogen-bond donors (Lipinski definition) is 1. The molecule has 3 rings (SSSR count). The number of nitrogens with zero attached hydrogens (tertiary/aromatic N) is 3. The molecule has 0 radical (unpaired) electrons. The molecule has 1 aromatic carbocycles. The van der Waals surface area contributed by atoms with Crippen molar-refractivity contribution in [3.8, 4) is 5.75 Å². The van der Waals surface area contributed by atoms with E-state index in [0.29, 0.717) is 45.8 Å². The number of hydrogen-bond acceptors (Lipinski definition) is 5. The van der Waals surface area contributed by atoms with E-state index in [4.69, 9.17) is 4.74 Å². The molecule has 1 amide bonds. The monoisotopic (exact) mass is 424 g/mol. The van der Waals surface area contributed by atoms with Gasteiger partial charge >= 0.3 is 0 Å². The highest BCUT2D eigenvalue weighted by molar-refractivity contribution is 7.87. The summed E-state index contributed by atoms with van der Waals surface area (Å²) in [5.74, 6) is 1.09. The highest BCUT2D eigenvalue weighted by atomic mass is 32.2. The van der Waals surface area contributed by atoms with E-state index >= 15 is 0 Å². The topological polar surface area (TPSA) is 82.2 Å². The first-order valence-corrected chi connectivity index (χ1v) is 11.6. The van der Waals surface area contributed by atoms with Gasteiger partial charge in [0.1, 0.15) is 12.4 Å². The minimum Gasteiger partial charge on any atom is -0.492 e. The fourth-order valence-corrected chi connectivity index (χ4v) is 4.83. The van der Waals surface area contributed by atoms with Crippen LogP contribution in [0.1, 0.15) is 25.3 Å². The zero-order valence-corrected chi connectivity index (χ0v) is 18.3. The van der Waals surface area contributed by atoms with Crippen molar-refractivity contribution < 1.29 is 17.9 Å². The number of nitrogens with one attached hydrogen (secondary N) is 1. The quantitative estimate of drug-likeness (QED) is 0.734. The lowest BCUT2D eigenvalue weighted by Gasteiger charge is -2.39. The van der Waals surface area contributed by atoms with Gasteiger partial charge in [-0.1, -0.05) is 31.5 Å². The van der Waals surface area contributed by atoms with Crippen molar-refractivity contribution in [2.75, 3.05) is 46.9 Å². The summed E-state index contributed by atoms with van der Waals surface area (Å²) < 4.78 is 34.1. The molecule has 1 fully saturated rings. The van der Waals surface area contributed by atoms with Crippen molar-refractivity contribution in [1.29, 1.82) is 0 Å². The third-order valence-corrected chi connectivity index (χ3v) is 7.34. The van der Waals surface area contributed by atoms with E-state index in [0.717, 1.165) is 17.7 Å². The Morgan fingerprint density at radius 2 is 2.03 bits per heavy atom. The van der Waals surface area contributed by atoms with Gasteiger partial charge in [0.15, 0.2) is 0 Å². The molecule has 2 heterocycles. The Morgan fingerprint density at radius 1 is 1.28 bits per heavy atom. The lowest BCUT2D eigenvalue weighted by molar-refractivity contribution is -0.134. The number of para-hydroxylation sites is 1. The van der Waals surface area contributed by atoms with Gasteiger partial charge < -0.3 is 9.64 Å². The van der Waals surface area contributed by atoms with Crippen molar-refractivity contribution in [2.24, 2.45) is 5.92 Å². The number of ether oxygens (including phenoxy) is 1. The third kappa shape index (κ3) is 5.48. The van der Waals surface area contributed by atoms with Crippen molar-refractivity contribution in [3.63, 3.8) is 0 Å². The van der Waals surface area contributed by atoms with Gasteiger partial charge in [0.05, 0.1) is 6.54 Å². The summed E-state index contributed by atoms with van der Waals surface area (Å²) in [5.41, 5.74) is 1.10. The molecule has 1 aromatic rings. The van der Waals surface area contributed by atoms with E-state index in [1.165, 1.54) is 18.4 Å². The van der Waals surface area contributed by atoms with E-state index in [1.807, 2.05) is 36.1 Å². The summed E-state index contributed by atoms with van der Waals surface area (Å²) in [6, 6.07) is 7.80. The van der Waals surface area contributed by atoms with Crippen LogP contribution in [-0.4, -0.2) is 81.4 Å². The Morgan fingerprint density at radius 3 is 2.76 bits per heavy atom. The summed E-state index contributed by atoms with van der Waals surface area (Å²) in [4.78, 5) is 17.0. The molecular formula is C20H32N4O4S. The molecule has 2 aliphatic rings. The van der Waals surface area contributed by atoms with E-state index in [2.05, 4.69) is 9.62 Å². The van der Waals surface area contributed by atoms with Crippen molar-refractivity contribution in [1.82, 2.24) is 18.8 Å². The molecule has 162 valence electrons. The van der Waals surface area contributed by atoms with Gasteiger partial charge in [-0.05, 0) is 18.4 Å². The Labute approximate surface area is 174 Å². The minimum atomic E-state index is -3.48. The first-order chi connectivity index (χ1) is 13.8. The predicted octanol–water partition coefficient (Wildman–Crippen LogP) is 0.904. The molecule has 0 unspecified atom stereocenters. The van der Waals surface area contributed by atoms with Crippen LogP contribution in [0, 0.1) is 5.92 Å². The normalized spacial score (nSPS) is 23.4. The van der Waals surface area contributed by atoms with Crippen molar-refractivity contribution >= 4 is 16.1 Å². The summed E-state index contributed by atoms with van der Waals surface area (Å²) in [6.45, 7) is 5.50. The van der Waals surface area contributed by atoms with E-state index in [1.54, 1.807) is 0 Å². The number of amides is 1. The van der Waals surface area contributed by atoms with Gasteiger partial charge in [0.2, 0.25) is 5.91 Å². The van der Waals surface area contributed by atoms with Crippen molar-refractivity contribution in [2.45, 2.75) is 32.4 Å². The zero-order chi connectivity index (χ0) is 21.0. The van der Waals surface area contributed by atoms with Crippen LogP contribution in [0.15, 0.2) is 24.3 Å². The van der Waals surface area contributed by atoms with Crippen LogP contribution in [0.25, 0.3) is 0 Å². The molecular weight excluding hydrogens is 392 g/mol. The Bertz CT molecular complexity index is 814. The first-order valence-electron chi connectivity index (χ1n) is 10.2. The molecule has 8 nitrogen and oxygen atoms in total. The van der Waals surface area contributed by atoms with Gasteiger partial charge in [0.25, 0.3) is 10.2 Å². The lowest BCUT2D eigenvalue weighted by Crippen LogP contribution is -2.55. The van der Waals surface area contributed by atoms with E-state index in [9.17, 15) is 13.2 Å². The maximum atomic E-state index is 12.9. The average Bonchev–Trinajstić information content (AvgIpc) is 2.89. The van der Waals surface area contributed by atoms with Crippen LogP contribution in [-0.2, 0) is 21.5 Å². The maximum Gasteiger partial charge on any atom is 0.279 e. The highest BCUT2D eigenvalue weighted by Gasteiger charge is 2.34. The molecule has 0 bridgehead atoms. The van der Waals surface area contributed by atoms with E-state index < -0.39 is 10.2 Å². The second-order valence-corrected chi connectivity index (χ2v) is 9.89. The molecule has 29 heavy (non-hydrogen) atoms. The SMILES string of the molecule is CC[C@@H]1CN(C(=O)CN2CCOc3ccccc3C2)CC[C@@H]1NS(=O)(=O)N(C)C. The smallest absolute Gasteiger partial charge is 0.279 e. The first kappa shape index (κ1) is 22.0. The minimum absolute atomic E-state index is 0.0942. The molecule has 9 heteroatoms. The van der Waals surface area contributed by atoms with Crippen LogP contribution >= 0.6 is 0 Å². The number of fused-ring (bicyclic) bond motifs is 1. The number of rotatable bonds is 6. The number of benzene rings is 1. The van der Waals surface area contributed by atoms with Gasteiger partial charge in [-0.3, -0.25) is 9.69 Å². The fourth-order valence-electron chi connectivity index (χ4n) is 3.93. The van der Waals surface area contributed by atoms with Crippen LogP contribution in [0.4, 0.5) is 0 Å². The maximum absolute atomic E-state index is 12.9. The zero-order valence-electron chi connectivity index (χ0n) is 17.5. The predicted molar refractivity (Wildman–Crippen MR) is 112 cm³/mol. The second-order valence-electron chi connectivity index (χ2n) is 7.98. The van der Waals surface area contributed by atoms with Crippen LogP contribution < -0.4 is 9.46 Å². The molecule has 0 saturated carbocycles. The molecule has 2 aliphatic heterocycles. The molecule has 1 N–H and O–H groups in total. The Hall–Kier alpha value is -1.68. The number of carbonyl (C=O) groups excluding carboxylic acids is 1. The largest absolute Gasteiger partial charge is 0.492 e. The summed E-state index contributed by atoms with van der Waals surface area (Å²) in [6.07, 6.45) is 1.44. The Kier molecular flexibility index (Phi) is 7.15. The van der Waals surface area contributed by atoms with Crippen LogP contribution in [0.2, 0.25) is 0 Å². The van der Waals surface area contributed by atoms with Crippen LogP contribution in [0.3, 0.4) is 0 Å². The van der Waals surface area contributed by atoms with Gasteiger partial charge in [-0.15, -0.1) is 0 Å². The molecule has 2 atom stereocenters. The van der Waals surface area contributed by atoms with Gasteiger partial charge in [0, 0.05) is 51.9 Å². The molecule has 0 spiro atoms. The number of likely N-dealkylation sites (tertiary alicyclic amines) is 1. The van der Waals surface area contributed by atoms with Crippen molar-refractivity contribution in [3.05, 3.63) is 29.8 Å². The molecule has 0 aliphatic carbocycles. The average molecular weight is 425 g/mol. The Balaban J connectivity index is 1.58. The fraction of sp³-hybridized carbons (Fsp3) is 0.650. The third-order valence-electron chi connectivity index (χ3n) is 5.78. The molecule has 0 aromatic heterocycles. The summed E-state index contributed by atoms with van der Waals surface area (Å²) in [7, 11) is -0.438. The second kappa shape index (κ2) is 9.42. The lowest BCUT2D eigenvalue weighted by atomic mass is 9.90. The van der Waals surface area contributed by atoms with Gasteiger partial charge in [-0.2, -0.15) is 17.4 Å². The number of carbonyl (C=O) groups is 1. The summed E-state index contributed by atoms with van der Waals surface area (Å²) >= 11 is 0. The van der Waals surface area contributed by atoms with E-state index in [-0.39, 0.29) is 17.9 Å².